The van der Waals surface area contributed by atoms with Gasteiger partial charge in [-0.05, 0) is 32.2 Å². The number of aliphatic carboxylic acids is 2. The molecule has 40 heavy (non-hydrogen) atoms. The number of nitrogens with one attached hydrogen (secondary N) is 6. The Morgan fingerprint density at radius 1 is 1.00 bits per heavy atom. The Bertz CT molecular complexity index is 810. The van der Waals surface area contributed by atoms with E-state index >= 15 is 0 Å². The number of unbranched alkanes of at least 4 members (excludes halogenated alkanes) is 1. The van der Waals surface area contributed by atoms with Crippen molar-refractivity contribution in [1.29, 1.82) is 0 Å². The van der Waals surface area contributed by atoms with Gasteiger partial charge >= 0.3 is 18.1 Å². The van der Waals surface area contributed by atoms with E-state index in [1.807, 2.05) is 0 Å². The first-order valence-corrected chi connectivity index (χ1v) is 12.7. The predicted octanol–water partition coefficient (Wildman–Crippen LogP) is 1.54. The van der Waals surface area contributed by atoms with Crippen LogP contribution in [0.25, 0.3) is 16.8 Å². The van der Waals surface area contributed by atoms with Gasteiger partial charge in [-0.15, -0.1) is 0 Å². The van der Waals surface area contributed by atoms with Crippen molar-refractivity contribution in [2.75, 3.05) is 26.7 Å². The average Bonchev–Trinajstić information content (AvgIpc) is 2.87. The van der Waals surface area contributed by atoms with Crippen molar-refractivity contribution in [2.45, 2.75) is 82.5 Å². The van der Waals surface area contributed by atoms with Crippen LogP contribution in [0.4, 0.5) is 9.59 Å². The van der Waals surface area contributed by atoms with Crippen LogP contribution in [0.15, 0.2) is 0 Å². The number of urea groups is 1. The number of ether oxygens (including phenoxy) is 1. The zero-order chi connectivity index (χ0) is 29.8. The van der Waals surface area contributed by atoms with Crippen molar-refractivity contribution >= 4 is 35.9 Å². The number of hydrogen-bond donors (Lipinski definition) is 6. The summed E-state index contributed by atoms with van der Waals surface area (Å²) >= 11 is 0. The zero-order valence-electron chi connectivity index (χ0n) is 22.6. The number of rotatable bonds is 14. The molecule has 1 aliphatic carbocycles. The van der Waals surface area contributed by atoms with E-state index in [1.165, 1.54) is 19.9 Å². The fraction of sp³-hybridized carbons (Fsp3) is 0.739. The number of hydrogen-bond acceptors (Lipinski definition) is 7. The van der Waals surface area contributed by atoms with Crippen molar-refractivity contribution in [2.24, 2.45) is 0 Å². The molecule has 1 rings (SSSR count). The molecule has 16 nitrogen and oxygen atoms in total. The molecule has 5 amide bonds. The second-order valence-electron chi connectivity index (χ2n) is 8.61. The third-order valence-electron chi connectivity index (χ3n) is 5.45. The molecule has 0 aromatic carbocycles. The average molecular weight is 754 g/mol. The van der Waals surface area contributed by atoms with E-state index in [1.54, 1.807) is 6.92 Å². The summed E-state index contributed by atoms with van der Waals surface area (Å²) in [7, 11) is 1.47. The minimum Gasteiger partial charge on any atom is -0.676 e. The summed E-state index contributed by atoms with van der Waals surface area (Å²) in [5, 5.41) is 30.3. The van der Waals surface area contributed by atoms with E-state index < -0.39 is 54.9 Å². The van der Waals surface area contributed by atoms with Crippen LogP contribution in [0.2, 0.25) is 0 Å². The minimum atomic E-state index is -1.77. The second-order valence-corrected chi connectivity index (χ2v) is 8.61. The van der Waals surface area contributed by atoms with Crippen LogP contribution in [-0.2, 0) is 45.0 Å². The van der Waals surface area contributed by atoms with Crippen LogP contribution in [0, 0.1) is 0 Å². The van der Waals surface area contributed by atoms with Crippen LogP contribution < -0.4 is 21.3 Å². The monoisotopic (exact) mass is 753 g/mol. The molecule has 17 heteroatoms. The van der Waals surface area contributed by atoms with Crippen LogP contribution in [0.1, 0.15) is 58.3 Å². The SMILES string of the molecule is CCOC(=O)NC(CCCCNC(=O)NC)C(=O)NCC(=O)[N-]C(CC(=O)O)C(=O)O.[NH-]C1CCCCC1[NH-].[Pt]. The van der Waals surface area contributed by atoms with E-state index in [0.29, 0.717) is 19.4 Å². The van der Waals surface area contributed by atoms with Gasteiger partial charge in [0.15, 0.2) is 0 Å². The predicted molar refractivity (Wildman–Crippen MR) is 140 cm³/mol. The van der Waals surface area contributed by atoms with E-state index in [9.17, 15) is 28.8 Å². The van der Waals surface area contributed by atoms with Crippen LogP contribution in [-0.4, -0.2) is 97.0 Å². The van der Waals surface area contributed by atoms with Gasteiger partial charge in [0.1, 0.15) is 6.04 Å². The first-order valence-electron chi connectivity index (χ1n) is 12.7. The van der Waals surface area contributed by atoms with Gasteiger partial charge in [0, 0.05) is 41.1 Å². The molecular formula is C23H40N7O9Pt-3. The normalized spacial score (nSPS) is 17.2. The maximum Gasteiger partial charge on any atom is 0.407 e. The standard InChI is InChI=1S/C17H29N5O9.C6H12N2.Pt/c1-3-31-17(30)22-10(6-4-5-7-19-16(29)18-2)14(26)20-9-12(23)21-11(15(27)28)8-13(24)25;7-5-3-1-2-4-6(5)8;/h10-11H,3-9H2,1-2H3,(H7,18,19,20,21,22,23,24,25,26,27,28,29,30);5-8H,1-4H2;/q;-2;/p-1. The quantitative estimate of drug-likeness (QED) is 0.140. The first-order chi connectivity index (χ1) is 18.4. The second kappa shape index (κ2) is 22.8. The summed E-state index contributed by atoms with van der Waals surface area (Å²) in [6.07, 6.45) is 3.64. The van der Waals surface area contributed by atoms with E-state index in [4.69, 9.17) is 26.4 Å². The van der Waals surface area contributed by atoms with Gasteiger partial charge in [0.2, 0.25) is 5.91 Å². The zero-order valence-corrected chi connectivity index (χ0v) is 24.9. The van der Waals surface area contributed by atoms with Crippen molar-refractivity contribution in [3.05, 3.63) is 16.8 Å². The van der Waals surface area contributed by atoms with Crippen molar-refractivity contribution in [3.63, 3.8) is 0 Å². The Hall–Kier alpha value is -2.97. The smallest absolute Gasteiger partial charge is 0.407 e. The molecule has 0 radical (unpaired) electrons. The van der Waals surface area contributed by atoms with Crippen LogP contribution >= 0.6 is 0 Å². The number of carbonyl (C=O) groups is 6. The van der Waals surface area contributed by atoms with Crippen molar-refractivity contribution in [1.82, 2.24) is 21.3 Å². The Labute approximate surface area is 247 Å². The molecule has 1 aliphatic rings. The third kappa shape index (κ3) is 19.1. The largest absolute Gasteiger partial charge is 0.676 e. The summed E-state index contributed by atoms with van der Waals surface area (Å²) in [5.41, 5.74) is 14.6. The Balaban J connectivity index is 0. The Morgan fingerprint density at radius 2 is 1.60 bits per heavy atom. The molecule has 0 spiro atoms. The van der Waals surface area contributed by atoms with Gasteiger partial charge in [-0.3, -0.25) is 14.4 Å². The number of alkyl carbamates (subject to hydrolysis) is 1. The van der Waals surface area contributed by atoms with Gasteiger partial charge in [-0.25, -0.2) is 9.59 Å². The number of carbonyl (C=O) groups excluding carboxylic acids is 4. The molecule has 1 fully saturated rings. The number of nitrogens with zero attached hydrogens (tertiary/aromatic N) is 1. The third-order valence-corrected chi connectivity index (χ3v) is 5.45. The fourth-order valence-electron chi connectivity index (χ4n) is 3.34. The molecule has 4 atom stereocenters. The Kier molecular flexibility index (Phi) is 22.3. The van der Waals surface area contributed by atoms with Crippen molar-refractivity contribution in [3.8, 4) is 0 Å². The van der Waals surface area contributed by atoms with Crippen molar-refractivity contribution < 1.29 is 64.8 Å². The van der Waals surface area contributed by atoms with Crippen LogP contribution in [0.5, 0.6) is 0 Å². The molecule has 0 aromatic rings. The molecule has 8 N–H and O–H groups in total. The molecule has 0 aromatic heterocycles. The topological polar surface area (TPSA) is 262 Å². The summed E-state index contributed by atoms with van der Waals surface area (Å²) in [6, 6.07) is -3.35. The van der Waals surface area contributed by atoms with Gasteiger partial charge in [0.05, 0.1) is 19.1 Å². The molecule has 0 heterocycles. The fourth-order valence-corrected chi connectivity index (χ4v) is 3.34. The maximum atomic E-state index is 12.3. The maximum absolute atomic E-state index is 12.3. The van der Waals surface area contributed by atoms with E-state index in [2.05, 4.69) is 26.6 Å². The molecule has 234 valence electrons. The number of amides is 5. The molecule has 4 unspecified atom stereocenters. The molecule has 1 saturated carbocycles. The minimum absolute atomic E-state index is 0. The number of carboxylic acids is 2. The van der Waals surface area contributed by atoms with E-state index in [-0.39, 0.29) is 52.2 Å². The van der Waals surface area contributed by atoms with Gasteiger partial charge in [0.25, 0.3) is 5.97 Å². The van der Waals surface area contributed by atoms with Crippen LogP contribution in [0.3, 0.4) is 0 Å². The molecule has 0 bridgehead atoms. The molecule has 0 saturated heterocycles. The summed E-state index contributed by atoms with van der Waals surface area (Å²) in [5.74, 6) is -4.81. The summed E-state index contributed by atoms with van der Waals surface area (Å²) < 4.78 is 4.74. The molecular weight excluding hydrogens is 713 g/mol. The van der Waals surface area contributed by atoms with Gasteiger partial charge < -0.3 is 57.8 Å². The summed E-state index contributed by atoms with van der Waals surface area (Å²) in [6.45, 7) is 1.31. The van der Waals surface area contributed by atoms with Gasteiger partial charge in [-0.1, -0.05) is 25.7 Å². The first kappa shape index (κ1) is 39.2. The molecule has 0 aliphatic heterocycles. The Morgan fingerprint density at radius 3 is 2.08 bits per heavy atom. The number of carboxylic acid groups (broad SMARTS) is 2. The van der Waals surface area contributed by atoms with Gasteiger partial charge in [-0.2, -0.15) is 12.1 Å². The van der Waals surface area contributed by atoms with E-state index in [0.717, 1.165) is 12.8 Å². The summed E-state index contributed by atoms with van der Waals surface area (Å²) in [4.78, 5) is 68.4.